The summed E-state index contributed by atoms with van der Waals surface area (Å²) in [6, 6.07) is 2.36. The fourth-order valence-corrected chi connectivity index (χ4v) is 2.99. The lowest BCUT2D eigenvalue weighted by molar-refractivity contribution is 0.114. The zero-order valence-electron chi connectivity index (χ0n) is 9.92. The lowest BCUT2D eigenvalue weighted by Crippen LogP contribution is -2.33. The molecular weight excluding hydrogens is 288 g/mol. The summed E-state index contributed by atoms with van der Waals surface area (Å²) in [6.45, 7) is 5.55. The number of hydrogen-bond donors (Lipinski definition) is 2. The molecule has 0 saturated carbocycles. The maximum atomic E-state index is 5.78. The van der Waals surface area contributed by atoms with E-state index in [-0.39, 0.29) is 12.1 Å². The zero-order valence-corrected chi connectivity index (χ0v) is 12.3. The number of nitrogens with two attached hydrogens (primary N) is 1. The van der Waals surface area contributed by atoms with Gasteiger partial charge in [-0.05, 0) is 35.8 Å². The molecule has 16 heavy (non-hydrogen) atoms. The molecule has 3 N–H and O–H groups in total. The van der Waals surface area contributed by atoms with Crippen molar-refractivity contribution < 1.29 is 4.74 Å². The molecule has 3 nitrogen and oxygen atoms in total. The zero-order chi connectivity index (χ0) is 12.1. The molecule has 1 heterocycles. The average molecular weight is 307 g/mol. The third-order valence-electron chi connectivity index (χ3n) is 2.51. The van der Waals surface area contributed by atoms with Gasteiger partial charge in [0.1, 0.15) is 0 Å². The van der Waals surface area contributed by atoms with Gasteiger partial charge in [0.05, 0.1) is 12.1 Å². The van der Waals surface area contributed by atoms with Crippen molar-refractivity contribution in [2.75, 3.05) is 20.2 Å². The molecule has 2 atom stereocenters. The molecule has 5 heteroatoms. The van der Waals surface area contributed by atoms with E-state index in [2.05, 4.69) is 34.2 Å². The molecule has 0 aromatic carbocycles. The molecule has 0 radical (unpaired) electrons. The first-order valence-corrected chi connectivity index (χ1v) is 6.91. The Morgan fingerprint density at radius 1 is 1.62 bits per heavy atom. The van der Waals surface area contributed by atoms with Crippen LogP contribution in [0.15, 0.2) is 10.5 Å². The highest BCUT2D eigenvalue weighted by Gasteiger charge is 2.14. The third-order valence-corrected chi connectivity index (χ3v) is 4.76. The summed E-state index contributed by atoms with van der Waals surface area (Å²) in [4.78, 5) is 2.56. The van der Waals surface area contributed by atoms with Gasteiger partial charge in [0.2, 0.25) is 0 Å². The second-order valence-electron chi connectivity index (χ2n) is 3.80. The first kappa shape index (κ1) is 14.1. The van der Waals surface area contributed by atoms with E-state index in [4.69, 9.17) is 10.5 Å². The lowest BCUT2D eigenvalue weighted by Gasteiger charge is -2.18. The Bertz CT molecular complexity index is 310. The second-order valence-corrected chi connectivity index (χ2v) is 5.94. The Morgan fingerprint density at radius 3 is 2.75 bits per heavy atom. The Labute approximate surface area is 109 Å². The van der Waals surface area contributed by atoms with Crippen LogP contribution in [0.25, 0.3) is 0 Å². The van der Waals surface area contributed by atoms with Crippen LogP contribution in [-0.2, 0) is 4.74 Å². The summed E-state index contributed by atoms with van der Waals surface area (Å²) in [5.41, 5.74) is 5.78. The number of ether oxygens (including phenoxy) is 1. The van der Waals surface area contributed by atoms with Crippen LogP contribution in [0.2, 0.25) is 0 Å². The Morgan fingerprint density at radius 2 is 2.31 bits per heavy atom. The van der Waals surface area contributed by atoms with Crippen LogP contribution in [0, 0.1) is 6.92 Å². The van der Waals surface area contributed by atoms with Crippen molar-refractivity contribution in [1.82, 2.24) is 5.32 Å². The summed E-state index contributed by atoms with van der Waals surface area (Å²) in [5.74, 6) is 0. The highest BCUT2D eigenvalue weighted by Crippen LogP contribution is 2.30. The van der Waals surface area contributed by atoms with Gasteiger partial charge in [-0.15, -0.1) is 11.3 Å². The van der Waals surface area contributed by atoms with Crippen LogP contribution in [0.3, 0.4) is 0 Å². The number of halogens is 1. The Balaban J connectivity index is 2.60. The van der Waals surface area contributed by atoms with Gasteiger partial charge in [0.25, 0.3) is 0 Å². The molecule has 0 aliphatic rings. The van der Waals surface area contributed by atoms with E-state index in [9.17, 15) is 0 Å². The van der Waals surface area contributed by atoms with Gasteiger partial charge < -0.3 is 15.8 Å². The third kappa shape index (κ3) is 3.82. The molecule has 0 saturated heterocycles. The molecular formula is C11H19BrN2OS. The van der Waals surface area contributed by atoms with E-state index < -0.39 is 0 Å². The van der Waals surface area contributed by atoms with E-state index in [0.29, 0.717) is 6.54 Å². The molecule has 0 spiro atoms. The molecule has 2 unspecified atom stereocenters. The molecule has 1 rings (SSSR count). The van der Waals surface area contributed by atoms with Crippen LogP contribution in [0.4, 0.5) is 0 Å². The van der Waals surface area contributed by atoms with Crippen LogP contribution in [0.1, 0.15) is 22.7 Å². The minimum absolute atomic E-state index is 0.207. The first-order valence-electron chi connectivity index (χ1n) is 5.30. The molecule has 1 aromatic rings. The number of methoxy groups -OCH3 is 1. The molecule has 0 amide bonds. The van der Waals surface area contributed by atoms with Gasteiger partial charge in [0, 0.05) is 34.4 Å². The van der Waals surface area contributed by atoms with Gasteiger partial charge in [-0.3, -0.25) is 0 Å². The predicted octanol–water partition coefficient (Wildman–Crippen LogP) is 2.44. The van der Waals surface area contributed by atoms with Crippen molar-refractivity contribution in [3.8, 4) is 0 Å². The van der Waals surface area contributed by atoms with E-state index in [1.54, 1.807) is 18.4 Å². The van der Waals surface area contributed by atoms with Crippen molar-refractivity contribution in [3.05, 3.63) is 20.3 Å². The molecule has 1 aromatic heterocycles. The maximum absolute atomic E-state index is 5.78. The van der Waals surface area contributed by atoms with E-state index in [1.807, 2.05) is 6.92 Å². The SMILES string of the molecule is COC(C)CNC(CN)c1cc(Br)c(C)s1. The topological polar surface area (TPSA) is 47.3 Å². The first-order chi connectivity index (χ1) is 7.58. The summed E-state index contributed by atoms with van der Waals surface area (Å²) in [7, 11) is 1.72. The van der Waals surface area contributed by atoms with Crippen LogP contribution in [-0.4, -0.2) is 26.3 Å². The molecule has 0 aliphatic carbocycles. The lowest BCUT2D eigenvalue weighted by atomic mass is 10.2. The number of nitrogens with one attached hydrogen (secondary N) is 1. The summed E-state index contributed by atoms with van der Waals surface area (Å²) >= 11 is 5.30. The van der Waals surface area contributed by atoms with Gasteiger partial charge in [-0.1, -0.05) is 0 Å². The van der Waals surface area contributed by atoms with E-state index >= 15 is 0 Å². The number of aryl methyl sites for hydroxylation is 1. The van der Waals surface area contributed by atoms with Crippen molar-refractivity contribution in [2.24, 2.45) is 5.73 Å². The van der Waals surface area contributed by atoms with Crippen molar-refractivity contribution in [3.63, 3.8) is 0 Å². The fourth-order valence-electron chi connectivity index (χ4n) is 1.34. The Hall–Kier alpha value is 0.0600. The predicted molar refractivity (Wildman–Crippen MR) is 73.0 cm³/mol. The molecule has 92 valence electrons. The minimum Gasteiger partial charge on any atom is -0.380 e. The molecule has 0 aliphatic heterocycles. The van der Waals surface area contributed by atoms with Crippen LogP contribution < -0.4 is 11.1 Å². The minimum atomic E-state index is 0.207. The number of rotatable bonds is 6. The average Bonchev–Trinajstić information content (AvgIpc) is 2.59. The van der Waals surface area contributed by atoms with E-state index in [1.165, 1.54) is 9.75 Å². The Kier molecular flexibility index (Phi) is 5.92. The molecule has 0 fully saturated rings. The van der Waals surface area contributed by atoms with Gasteiger partial charge in [-0.25, -0.2) is 0 Å². The fraction of sp³-hybridized carbons (Fsp3) is 0.636. The maximum Gasteiger partial charge on any atom is 0.0667 e. The van der Waals surface area contributed by atoms with Crippen LogP contribution >= 0.6 is 27.3 Å². The quantitative estimate of drug-likeness (QED) is 0.848. The van der Waals surface area contributed by atoms with Gasteiger partial charge in [0.15, 0.2) is 0 Å². The highest BCUT2D eigenvalue weighted by molar-refractivity contribution is 9.10. The van der Waals surface area contributed by atoms with Crippen molar-refractivity contribution in [2.45, 2.75) is 26.0 Å². The van der Waals surface area contributed by atoms with Crippen LogP contribution in [0.5, 0.6) is 0 Å². The highest BCUT2D eigenvalue weighted by atomic mass is 79.9. The standard InChI is InChI=1S/C11H19BrN2OS/c1-7(15-3)6-14-10(5-13)11-4-9(12)8(2)16-11/h4,7,10,14H,5-6,13H2,1-3H3. The van der Waals surface area contributed by atoms with Gasteiger partial charge in [-0.2, -0.15) is 0 Å². The smallest absolute Gasteiger partial charge is 0.0667 e. The van der Waals surface area contributed by atoms with Crippen molar-refractivity contribution in [1.29, 1.82) is 0 Å². The van der Waals surface area contributed by atoms with Crippen molar-refractivity contribution >= 4 is 27.3 Å². The van der Waals surface area contributed by atoms with E-state index in [0.717, 1.165) is 11.0 Å². The summed E-state index contributed by atoms with van der Waals surface area (Å²) in [6.07, 6.45) is 0.207. The number of hydrogen-bond acceptors (Lipinski definition) is 4. The molecule has 0 bridgehead atoms. The van der Waals surface area contributed by atoms with Gasteiger partial charge >= 0.3 is 0 Å². The monoisotopic (exact) mass is 306 g/mol. The number of thiophene rings is 1. The normalized spacial score (nSPS) is 15.1. The summed E-state index contributed by atoms with van der Waals surface area (Å²) < 4.78 is 6.36. The second kappa shape index (κ2) is 6.71. The summed E-state index contributed by atoms with van der Waals surface area (Å²) in [5, 5.41) is 3.42. The largest absolute Gasteiger partial charge is 0.380 e.